The molecule has 130 valence electrons. The average molecular weight is 411 g/mol. The maximum absolute atomic E-state index is 8.82. The first-order valence-electron chi connectivity index (χ1n) is 8.11. The van der Waals surface area contributed by atoms with Crippen molar-refractivity contribution in [1.29, 1.82) is 5.26 Å². The van der Waals surface area contributed by atoms with Gasteiger partial charge in [0.1, 0.15) is 12.4 Å². The molecule has 1 unspecified atom stereocenters. The number of thioether (sulfide) groups is 1. The van der Waals surface area contributed by atoms with Crippen molar-refractivity contribution < 1.29 is 4.74 Å². The van der Waals surface area contributed by atoms with E-state index in [1.165, 1.54) is 0 Å². The zero-order valence-electron chi connectivity index (χ0n) is 14.1. The zero-order valence-corrected chi connectivity index (χ0v) is 16.5. The Bertz CT molecular complexity index is 579. The van der Waals surface area contributed by atoms with Gasteiger partial charge in [0.25, 0.3) is 0 Å². The number of piperazine rings is 1. The summed E-state index contributed by atoms with van der Waals surface area (Å²) in [5.74, 6) is 1.82. The highest BCUT2D eigenvalue weighted by molar-refractivity contribution is 9.10. The van der Waals surface area contributed by atoms with Crippen molar-refractivity contribution in [3.05, 3.63) is 28.7 Å². The Balaban J connectivity index is 1.79. The second-order valence-corrected chi connectivity index (χ2v) is 7.71. The Labute approximate surface area is 156 Å². The van der Waals surface area contributed by atoms with Gasteiger partial charge in [-0.1, -0.05) is 34.6 Å². The van der Waals surface area contributed by atoms with Crippen molar-refractivity contribution in [3.63, 3.8) is 0 Å². The van der Waals surface area contributed by atoms with E-state index in [0.717, 1.165) is 47.3 Å². The maximum atomic E-state index is 8.82. The van der Waals surface area contributed by atoms with Crippen molar-refractivity contribution in [1.82, 2.24) is 9.80 Å². The summed E-state index contributed by atoms with van der Waals surface area (Å²) in [7, 11) is 0. The zero-order chi connectivity index (χ0) is 17.4. The average Bonchev–Trinajstić information content (AvgIpc) is 2.61. The highest BCUT2D eigenvalue weighted by Crippen LogP contribution is 2.18. The summed E-state index contributed by atoms with van der Waals surface area (Å²) in [4.78, 5) is 8.59. The molecule has 24 heavy (non-hydrogen) atoms. The largest absolute Gasteiger partial charge is 0.492 e. The molecular formula is C17H23BrN4OS. The minimum absolute atomic E-state index is 0.353. The van der Waals surface area contributed by atoms with Gasteiger partial charge in [-0.3, -0.25) is 4.90 Å². The fraction of sp³-hybridized carbons (Fsp3) is 0.529. The summed E-state index contributed by atoms with van der Waals surface area (Å²) in [5, 5.41) is 9.67. The Morgan fingerprint density at radius 2 is 2.00 bits per heavy atom. The molecule has 1 aromatic carbocycles. The van der Waals surface area contributed by atoms with Gasteiger partial charge in [0.05, 0.1) is 0 Å². The van der Waals surface area contributed by atoms with Gasteiger partial charge < -0.3 is 9.64 Å². The Morgan fingerprint density at radius 1 is 1.33 bits per heavy atom. The number of nitriles is 1. The number of rotatable bonds is 5. The van der Waals surface area contributed by atoms with Crippen LogP contribution in [0.2, 0.25) is 0 Å². The van der Waals surface area contributed by atoms with E-state index in [-0.39, 0.29) is 0 Å². The highest BCUT2D eigenvalue weighted by atomic mass is 79.9. The molecule has 7 heteroatoms. The lowest BCUT2D eigenvalue weighted by Gasteiger charge is -2.38. The lowest BCUT2D eigenvalue weighted by atomic mass is 10.2. The lowest BCUT2D eigenvalue weighted by molar-refractivity contribution is 0.106. The number of ether oxygens (including phenoxy) is 1. The molecule has 1 fully saturated rings. The topological polar surface area (TPSA) is 51.9 Å². The van der Waals surface area contributed by atoms with Crippen molar-refractivity contribution in [2.75, 3.05) is 38.5 Å². The van der Waals surface area contributed by atoms with Gasteiger partial charge in [-0.2, -0.15) is 5.26 Å². The molecule has 1 heterocycles. The third kappa shape index (κ3) is 5.69. The van der Waals surface area contributed by atoms with Crippen LogP contribution in [0.15, 0.2) is 33.7 Å². The van der Waals surface area contributed by atoms with Gasteiger partial charge in [0.2, 0.25) is 6.19 Å². The van der Waals surface area contributed by atoms with Crippen LogP contribution in [-0.4, -0.2) is 59.5 Å². The van der Waals surface area contributed by atoms with Crippen LogP contribution < -0.4 is 4.74 Å². The normalized spacial score (nSPS) is 17.4. The van der Waals surface area contributed by atoms with E-state index in [1.54, 1.807) is 11.8 Å². The number of aliphatic imine (C=N–C) groups is 1. The SMILES string of the molecule is CCS/C(=N\C#N)N1CCN(C(C)COc2ccc(Br)cc2)CC1. The van der Waals surface area contributed by atoms with Crippen LogP contribution in [0, 0.1) is 11.5 Å². The third-order valence-electron chi connectivity index (χ3n) is 3.93. The van der Waals surface area contributed by atoms with E-state index in [1.807, 2.05) is 30.5 Å². The molecule has 2 rings (SSSR count). The summed E-state index contributed by atoms with van der Waals surface area (Å²) in [6, 6.07) is 8.27. The smallest absolute Gasteiger partial charge is 0.208 e. The Morgan fingerprint density at radius 3 is 2.58 bits per heavy atom. The second kappa shape index (κ2) is 9.92. The molecule has 0 aromatic heterocycles. The maximum Gasteiger partial charge on any atom is 0.208 e. The van der Waals surface area contributed by atoms with E-state index < -0.39 is 0 Å². The van der Waals surface area contributed by atoms with E-state index in [4.69, 9.17) is 10.00 Å². The number of hydrogen-bond acceptors (Lipinski definition) is 5. The molecule has 0 saturated carbocycles. The number of hydrogen-bond donors (Lipinski definition) is 0. The number of halogens is 1. The predicted molar refractivity (Wildman–Crippen MR) is 103 cm³/mol. The fourth-order valence-electron chi connectivity index (χ4n) is 2.57. The van der Waals surface area contributed by atoms with Gasteiger partial charge in [0, 0.05) is 36.7 Å². The molecular weight excluding hydrogens is 388 g/mol. The monoisotopic (exact) mass is 410 g/mol. The van der Waals surface area contributed by atoms with Crippen LogP contribution in [-0.2, 0) is 0 Å². The van der Waals surface area contributed by atoms with Crippen LogP contribution in [0.3, 0.4) is 0 Å². The summed E-state index contributed by atoms with van der Waals surface area (Å²) in [6.07, 6.45) is 1.91. The quantitative estimate of drug-likeness (QED) is 0.422. The minimum Gasteiger partial charge on any atom is -0.492 e. The van der Waals surface area contributed by atoms with E-state index >= 15 is 0 Å². The van der Waals surface area contributed by atoms with Crippen LogP contribution in [0.4, 0.5) is 0 Å². The molecule has 0 bridgehead atoms. The molecule has 1 aliphatic rings. The number of amidine groups is 1. The van der Waals surface area contributed by atoms with Crippen molar-refractivity contribution in [3.8, 4) is 11.9 Å². The molecule has 1 atom stereocenters. The van der Waals surface area contributed by atoms with Crippen molar-refractivity contribution in [2.24, 2.45) is 4.99 Å². The first-order valence-corrected chi connectivity index (χ1v) is 9.88. The van der Waals surface area contributed by atoms with E-state index in [0.29, 0.717) is 12.6 Å². The second-order valence-electron chi connectivity index (χ2n) is 5.56. The van der Waals surface area contributed by atoms with Crippen molar-refractivity contribution in [2.45, 2.75) is 19.9 Å². The first kappa shape index (κ1) is 19.1. The van der Waals surface area contributed by atoms with Gasteiger partial charge in [-0.15, -0.1) is 4.99 Å². The van der Waals surface area contributed by atoms with Crippen molar-refractivity contribution >= 4 is 32.9 Å². The minimum atomic E-state index is 0.353. The van der Waals surface area contributed by atoms with E-state index in [2.05, 4.69) is 44.6 Å². The molecule has 1 aromatic rings. The molecule has 1 saturated heterocycles. The lowest BCUT2D eigenvalue weighted by Crippen LogP contribution is -2.52. The van der Waals surface area contributed by atoms with Gasteiger partial charge in [-0.05, 0) is 36.9 Å². The van der Waals surface area contributed by atoms with Crippen LogP contribution in [0.25, 0.3) is 0 Å². The van der Waals surface area contributed by atoms with Gasteiger partial charge in [-0.25, -0.2) is 0 Å². The fourth-order valence-corrected chi connectivity index (χ4v) is 3.57. The number of benzene rings is 1. The third-order valence-corrected chi connectivity index (χ3v) is 5.36. The predicted octanol–water partition coefficient (Wildman–Crippen LogP) is 3.42. The Kier molecular flexibility index (Phi) is 7.89. The molecule has 0 radical (unpaired) electrons. The molecule has 0 N–H and O–H groups in total. The highest BCUT2D eigenvalue weighted by Gasteiger charge is 2.23. The van der Waals surface area contributed by atoms with Crippen LogP contribution in [0.1, 0.15) is 13.8 Å². The van der Waals surface area contributed by atoms with Gasteiger partial charge >= 0.3 is 0 Å². The van der Waals surface area contributed by atoms with Crippen LogP contribution >= 0.6 is 27.7 Å². The van der Waals surface area contributed by atoms with Gasteiger partial charge in [0.15, 0.2) is 5.17 Å². The summed E-state index contributed by atoms with van der Waals surface area (Å²) in [6.45, 7) is 8.66. The summed E-state index contributed by atoms with van der Waals surface area (Å²) in [5.41, 5.74) is 0. The molecule has 0 spiro atoms. The molecule has 1 aliphatic heterocycles. The Hall–Kier alpha value is -1.23. The molecule has 0 aliphatic carbocycles. The molecule has 5 nitrogen and oxygen atoms in total. The first-order chi connectivity index (χ1) is 11.6. The molecule has 0 amide bonds. The number of nitrogens with zero attached hydrogens (tertiary/aromatic N) is 4. The van der Waals surface area contributed by atoms with Crippen LogP contribution in [0.5, 0.6) is 5.75 Å². The standard InChI is InChI=1S/C17H23BrN4OS/c1-3-24-17(20-13-19)22-10-8-21(9-11-22)14(2)12-23-16-6-4-15(18)5-7-16/h4-7,14H,3,8-12H2,1-2H3/b20-17-. The van der Waals surface area contributed by atoms with E-state index in [9.17, 15) is 0 Å². The summed E-state index contributed by atoms with van der Waals surface area (Å²) < 4.78 is 6.93. The summed E-state index contributed by atoms with van der Waals surface area (Å²) >= 11 is 5.06.